The number of benzene rings is 5. The number of esters is 2. The molecule has 0 unspecified atom stereocenters. The summed E-state index contributed by atoms with van der Waals surface area (Å²) in [4.78, 5) is 39.6. The predicted octanol–water partition coefficient (Wildman–Crippen LogP) is 9.34. The van der Waals surface area contributed by atoms with Crippen LogP contribution in [0.2, 0.25) is 30.7 Å². The van der Waals surface area contributed by atoms with Crippen LogP contribution in [0.15, 0.2) is 127 Å². The fraction of sp³-hybridized carbons (Fsp3) is 0.267. The van der Waals surface area contributed by atoms with Crippen molar-refractivity contribution in [3.8, 4) is 16.9 Å². The van der Waals surface area contributed by atoms with Gasteiger partial charge in [0.25, 0.3) is 0 Å². The van der Waals surface area contributed by atoms with E-state index in [1.54, 1.807) is 6.07 Å². The molecule has 1 amide bonds. The Labute approximate surface area is 347 Å². The summed E-state index contributed by atoms with van der Waals surface area (Å²) in [6.45, 7) is 7.30. The number of nitrogens with two attached hydrogens (primary N) is 1. The van der Waals surface area contributed by atoms with E-state index < -0.39 is 38.2 Å². The summed E-state index contributed by atoms with van der Waals surface area (Å²) in [5.74, 6) is -0.564. The van der Waals surface area contributed by atoms with Gasteiger partial charge in [-0.3, -0.25) is 4.79 Å². The van der Waals surface area contributed by atoms with Crippen LogP contribution in [0, 0.1) is 0 Å². The SMILES string of the molecule is C[Si](C)(C)CCOC(=O)[C@H](Cc1cc(-c2ccc(Cl)c(C[C@H](N)C(=O)OCc3ccccc3)c2)ccc1OCc1ccccc1)NC(=O)OCc1ccccc1.Cl. The predicted molar refractivity (Wildman–Crippen MR) is 229 cm³/mol. The summed E-state index contributed by atoms with van der Waals surface area (Å²) in [6.07, 6.45) is -0.529. The van der Waals surface area contributed by atoms with Crippen LogP contribution in [0.1, 0.15) is 27.8 Å². The lowest BCUT2D eigenvalue weighted by Crippen LogP contribution is -2.44. The smallest absolute Gasteiger partial charge is 0.408 e. The van der Waals surface area contributed by atoms with E-state index in [0.717, 1.165) is 33.9 Å². The maximum absolute atomic E-state index is 13.7. The first-order valence-electron chi connectivity index (χ1n) is 18.6. The standard InChI is InChI=1S/C45H49ClN2O7Si.ClH/c1-56(2,3)24-23-52-44(50)41(48-45(51)55-31-34-17-11-6-12-18-34)28-38-26-36(20-22-42(38)53-29-32-13-7-4-8-14-32)35-19-21-39(46)37(25-35)27-40(47)43(49)54-30-33-15-9-5-10-16-33;/h4-22,25-26,40-41H,23-24,27-31,47H2,1-3H3,(H,48,51);1H/t40-,41-;/m0./s1. The van der Waals surface area contributed by atoms with Gasteiger partial charge in [-0.25, -0.2) is 9.59 Å². The Bertz CT molecular complexity index is 2050. The lowest BCUT2D eigenvalue weighted by molar-refractivity contribution is -0.147. The highest BCUT2D eigenvalue weighted by Gasteiger charge is 2.27. The number of ether oxygens (including phenoxy) is 4. The van der Waals surface area contributed by atoms with Crippen LogP contribution >= 0.6 is 24.0 Å². The highest BCUT2D eigenvalue weighted by molar-refractivity contribution is 6.76. The van der Waals surface area contributed by atoms with Crippen molar-refractivity contribution in [2.75, 3.05) is 6.61 Å². The Hall–Kier alpha value is -5.13. The maximum Gasteiger partial charge on any atom is 0.408 e. The van der Waals surface area contributed by atoms with E-state index >= 15 is 0 Å². The molecule has 9 nitrogen and oxygen atoms in total. The number of amides is 1. The van der Waals surface area contributed by atoms with Gasteiger partial charge in [0.1, 0.15) is 37.7 Å². The first-order valence-corrected chi connectivity index (χ1v) is 22.7. The Kier molecular flexibility index (Phi) is 17.2. The van der Waals surface area contributed by atoms with Gasteiger partial charge in [0.15, 0.2) is 0 Å². The van der Waals surface area contributed by atoms with E-state index in [1.165, 1.54) is 0 Å². The third-order valence-electron chi connectivity index (χ3n) is 8.95. The summed E-state index contributed by atoms with van der Waals surface area (Å²) in [6, 6.07) is 38.4. The van der Waals surface area contributed by atoms with Gasteiger partial charge in [-0.2, -0.15) is 0 Å². The lowest BCUT2D eigenvalue weighted by Gasteiger charge is -2.21. The molecular weight excluding hydrogens is 779 g/mol. The molecule has 0 saturated heterocycles. The molecule has 12 heteroatoms. The molecule has 0 aromatic heterocycles. The van der Waals surface area contributed by atoms with E-state index in [4.69, 9.17) is 36.3 Å². The Balaban J connectivity index is 0.00000720. The van der Waals surface area contributed by atoms with Gasteiger partial charge < -0.3 is 30.0 Å². The van der Waals surface area contributed by atoms with Gasteiger partial charge in [0.2, 0.25) is 0 Å². The molecule has 0 aliphatic heterocycles. The highest BCUT2D eigenvalue weighted by Crippen LogP contribution is 2.31. The van der Waals surface area contributed by atoms with Crippen molar-refractivity contribution in [3.05, 3.63) is 160 Å². The van der Waals surface area contributed by atoms with Gasteiger partial charge in [-0.1, -0.05) is 134 Å². The second kappa shape index (κ2) is 22.0. The van der Waals surface area contributed by atoms with E-state index in [1.807, 2.05) is 121 Å². The van der Waals surface area contributed by atoms with Crippen molar-refractivity contribution in [3.63, 3.8) is 0 Å². The second-order valence-corrected chi connectivity index (χ2v) is 20.8. The molecule has 0 aliphatic rings. The number of nitrogens with one attached hydrogen (secondary N) is 1. The van der Waals surface area contributed by atoms with Crippen molar-refractivity contribution < 1.29 is 33.3 Å². The summed E-state index contributed by atoms with van der Waals surface area (Å²) in [5, 5.41) is 3.22. The molecule has 0 fully saturated rings. The van der Waals surface area contributed by atoms with E-state index in [0.29, 0.717) is 21.9 Å². The van der Waals surface area contributed by atoms with Gasteiger partial charge in [-0.05, 0) is 75.7 Å². The van der Waals surface area contributed by atoms with Crippen LogP contribution in [0.5, 0.6) is 5.75 Å². The monoisotopic (exact) mass is 828 g/mol. The first-order chi connectivity index (χ1) is 26.9. The van der Waals surface area contributed by atoms with Crippen LogP contribution < -0.4 is 15.8 Å². The summed E-state index contributed by atoms with van der Waals surface area (Å²) < 4.78 is 23.1. The zero-order chi connectivity index (χ0) is 39.9. The number of carbonyl (C=O) groups is 3. The van der Waals surface area contributed by atoms with Gasteiger partial charge in [-0.15, -0.1) is 12.4 Å². The number of carbonyl (C=O) groups excluding carboxylic acids is 3. The van der Waals surface area contributed by atoms with Gasteiger partial charge in [0, 0.05) is 19.5 Å². The number of rotatable bonds is 18. The molecule has 300 valence electrons. The summed E-state index contributed by atoms with van der Waals surface area (Å²) in [5.41, 5.74) is 11.9. The van der Waals surface area contributed by atoms with Gasteiger partial charge >= 0.3 is 18.0 Å². The molecule has 57 heavy (non-hydrogen) atoms. The van der Waals surface area contributed by atoms with Crippen LogP contribution in [0.4, 0.5) is 4.79 Å². The Morgan fingerprint density at radius 3 is 1.75 bits per heavy atom. The maximum atomic E-state index is 13.7. The summed E-state index contributed by atoms with van der Waals surface area (Å²) in [7, 11) is -1.51. The molecule has 5 aromatic carbocycles. The first kappa shape index (κ1) is 44.6. The van der Waals surface area contributed by atoms with Crippen molar-refractivity contribution in [2.24, 2.45) is 5.73 Å². The van der Waals surface area contributed by atoms with Crippen molar-refractivity contribution in [1.82, 2.24) is 5.32 Å². The summed E-state index contributed by atoms with van der Waals surface area (Å²) >= 11 is 6.62. The Morgan fingerprint density at radius 1 is 0.649 bits per heavy atom. The Morgan fingerprint density at radius 2 is 1.18 bits per heavy atom. The minimum absolute atomic E-state index is 0. The molecule has 0 spiro atoms. The number of hydrogen-bond donors (Lipinski definition) is 2. The average molecular weight is 830 g/mol. The third kappa shape index (κ3) is 14.7. The number of alkyl carbamates (subject to hydrolysis) is 1. The van der Waals surface area contributed by atoms with E-state index in [-0.39, 0.29) is 51.7 Å². The number of hydrogen-bond acceptors (Lipinski definition) is 8. The average Bonchev–Trinajstić information content (AvgIpc) is 3.19. The zero-order valence-electron chi connectivity index (χ0n) is 32.5. The molecule has 0 heterocycles. The molecule has 0 bridgehead atoms. The lowest BCUT2D eigenvalue weighted by atomic mass is 9.96. The largest absolute Gasteiger partial charge is 0.489 e. The minimum atomic E-state index is -1.51. The topological polar surface area (TPSA) is 126 Å². The normalized spacial score (nSPS) is 12.0. The van der Waals surface area contributed by atoms with Gasteiger partial charge in [0.05, 0.1) is 6.61 Å². The molecule has 5 rings (SSSR count). The van der Waals surface area contributed by atoms with Crippen LogP contribution in [0.25, 0.3) is 11.1 Å². The van der Waals surface area contributed by atoms with Crippen LogP contribution in [0.3, 0.4) is 0 Å². The van der Waals surface area contributed by atoms with Crippen molar-refractivity contribution in [1.29, 1.82) is 0 Å². The molecule has 0 aliphatic carbocycles. The molecule has 0 radical (unpaired) electrons. The minimum Gasteiger partial charge on any atom is -0.489 e. The van der Waals surface area contributed by atoms with Crippen LogP contribution in [-0.2, 0) is 56.5 Å². The fourth-order valence-electron chi connectivity index (χ4n) is 5.74. The third-order valence-corrected chi connectivity index (χ3v) is 11.0. The fourth-order valence-corrected chi connectivity index (χ4v) is 6.65. The zero-order valence-corrected chi connectivity index (χ0v) is 35.0. The molecular formula is C45H50Cl2N2O7Si. The molecule has 3 N–H and O–H groups in total. The van der Waals surface area contributed by atoms with E-state index in [9.17, 15) is 14.4 Å². The van der Waals surface area contributed by atoms with Crippen LogP contribution in [-0.4, -0.2) is 44.8 Å². The van der Waals surface area contributed by atoms with Crippen molar-refractivity contribution in [2.45, 2.75) is 70.4 Å². The second-order valence-electron chi connectivity index (χ2n) is 14.7. The van der Waals surface area contributed by atoms with Crippen molar-refractivity contribution >= 4 is 50.1 Å². The quantitative estimate of drug-likeness (QED) is 0.0509. The van der Waals surface area contributed by atoms with E-state index in [2.05, 4.69) is 25.0 Å². The molecule has 5 aromatic rings. The highest BCUT2D eigenvalue weighted by atomic mass is 35.5. The molecule has 0 saturated carbocycles. The number of halogens is 2. The molecule has 2 atom stereocenters.